The van der Waals surface area contributed by atoms with Crippen LogP contribution in [0.25, 0.3) is 0 Å². The second-order valence-corrected chi connectivity index (χ2v) is 7.33. The zero-order chi connectivity index (χ0) is 15.7. The van der Waals surface area contributed by atoms with E-state index in [0.717, 1.165) is 17.4 Å². The molecule has 1 aromatic carbocycles. The summed E-state index contributed by atoms with van der Waals surface area (Å²) in [5.41, 5.74) is 0.946. The summed E-state index contributed by atoms with van der Waals surface area (Å²) in [6.45, 7) is 4.13. The lowest BCUT2D eigenvalue weighted by Gasteiger charge is -2.28. The molecule has 3 rings (SSSR count). The van der Waals surface area contributed by atoms with Crippen molar-refractivity contribution in [2.24, 2.45) is 17.8 Å². The largest absolute Gasteiger partial charge is 0.484 e. The number of hydrogen-bond acceptors (Lipinski definition) is 2. The Bertz CT molecular complexity index is 560. The van der Waals surface area contributed by atoms with E-state index in [1.54, 1.807) is 6.07 Å². The van der Waals surface area contributed by atoms with Crippen molar-refractivity contribution < 1.29 is 9.53 Å². The lowest BCUT2D eigenvalue weighted by Crippen LogP contribution is -2.42. The summed E-state index contributed by atoms with van der Waals surface area (Å²) in [5.74, 6) is 3.05. The molecule has 4 atom stereocenters. The highest BCUT2D eigenvalue weighted by Gasteiger charge is 2.42. The molecule has 2 aliphatic carbocycles. The molecule has 4 heteroatoms. The van der Waals surface area contributed by atoms with Crippen LogP contribution in [-0.2, 0) is 4.79 Å². The Morgan fingerprint density at radius 3 is 2.86 bits per heavy atom. The molecule has 2 bridgehead atoms. The van der Waals surface area contributed by atoms with Gasteiger partial charge in [0.1, 0.15) is 5.75 Å². The minimum Gasteiger partial charge on any atom is -0.484 e. The number of carbonyl (C=O) groups excluding carboxylic acids is 1. The van der Waals surface area contributed by atoms with Crippen LogP contribution in [0.1, 0.15) is 38.2 Å². The van der Waals surface area contributed by atoms with Gasteiger partial charge in [0, 0.05) is 11.1 Å². The van der Waals surface area contributed by atoms with Crippen molar-refractivity contribution >= 4 is 17.5 Å². The van der Waals surface area contributed by atoms with Gasteiger partial charge in [-0.25, -0.2) is 0 Å². The maximum absolute atomic E-state index is 12.1. The molecule has 0 radical (unpaired) electrons. The summed E-state index contributed by atoms with van der Waals surface area (Å²) < 4.78 is 5.61. The summed E-state index contributed by atoms with van der Waals surface area (Å²) in [6, 6.07) is 5.68. The van der Waals surface area contributed by atoms with E-state index in [2.05, 4.69) is 12.2 Å². The lowest BCUT2D eigenvalue weighted by atomic mass is 9.84. The van der Waals surface area contributed by atoms with Crippen LogP contribution in [0.5, 0.6) is 5.75 Å². The van der Waals surface area contributed by atoms with E-state index in [-0.39, 0.29) is 18.6 Å². The van der Waals surface area contributed by atoms with Crippen LogP contribution < -0.4 is 10.1 Å². The van der Waals surface area contributed by atoms with E-state index in [4.69, 9.17) is 16.3 Å². The van der Waals surface area contributed by atoms with Crippen LogP contribution in [0.15, 0.2) is 18.2 Å². The number of ether oxygens (including phenoxy) is 1. The maximum atomic E-state index is 12.1. The molecule has 0 spiro atoms. The Morgan fingerprint density at radius 2 is 2.23 bits per heavy atom. The number of fused-ring (bicyclic) bond motifs is 2. The summed E-state index contributed by atoms with van der Waals surface area (Å²) in [7, 11) is 0. The van der Waals surface area contributed by atoms with E-state index in [0.29, 0.717) is 16.7 Å². The quantitative estimate of drug-likeness (QED) is 0.891. The molecule has 22 heavy (non-hydrogen) atoms. The van der Waals surface area contributed by atoms with Gasteiger partial charge < -0.3 is 10.1 Å². The normalized spacial score (nSPS) is 27.7. The third-order valence-corrected chi connectivity index (χ3v) is 5.55. The molecule has 3 nitrogen and oxygen atoms in total. The number of nitrogens with one attached hydrogen (secondary N) is 1. The van der Waals surface area contributed by atoms with Gasteiger partial charge in [-0.3, -0.25) is 4.79 Å². The summed E-state index contributed by atoms with van der Waals surface area (Å²) >= 11 is 5.92. The van der Waals surface area contributed by atoms with E-state index >= 15 is 0 Å². The molecule has 0 heterocycles. The Hall–Kier alpha value is -1.22. The van der Waals surface area contributed by atoms with Gasteiger partial charge >= 0.3 is 0 Å². The molecule has 0 aliphatic heterocycles. The maximum Gasteiger partial charge on any atom is 0.258 e. The van der Waals surface area contributed by atoms with Gasteiger partial charge in [-0.1, -0.05) is 18.0 Å². The van der Waals surface area contributed by atoms with Crippen molar-refractivity contribution in [1.82, 2.24) is 5.32 Å². The fourth-order valence-electron chi connectivity index (χ4n) is 4.23. The highest BCUT2D eigenvalue weighted by atomic mass is 35.5. The van der Waals surface area contributed by atoms with Gasteiger partial charge in [-0.2, -0.15) is 0 Å². The van der Waals surface area contributed by atoms with Crippen LogP contribution in [0, 0.1) is 24.7 Å². The second-order valence-electron chi connectivity index (χ2n) is 6.89. The third-order valence-electron chi connectivity index (χ3n) is 5.32. The Kier molecular flexibility index (Phi) is 4.62. The average molecular weight is 322 g/mol. The molecular weight excluding hydrogens is 298 g/mol. The third kappa shape index (κ3) is 3.40. The Balaban J connectivity index is 1.48. The predicted molar refractivity (Wildman–Crippen MR) is 88.2 cm³/mol. The number of amides is 1. The molecule has 0 aromatic heterocycles. The molecule has 2 fully saturated rings. The first-order valence-electron chi connectivity index (χ1n) is 8.21. The highest BCUT2D eigenvalue weighted by molar-refractivity contribution is 6.30. The van der Waals surface area contributed by atoms with Crippen molar-refractivity contribution in [3.8, 4) is 5.75 Å². The van der Waals surface area contributed by atoms with E-state index in [1.807, 2.05) is 19.1 Å². The smallest absolute Gasteiger partial charge is 0.258 e. The van der Waals surface area contributed by atoms with Crippen molar-refractivity contribution in [2.45, 2.75) is 45.6 Å². The molecule has 2 aliphatic rings. The molecule has 2 saturated carbocycles. The molecule has 1 amide bonds. The molecule has 1 aromatic rings. The number of benzene rings is 1. The highest BCUT2D eigenvalue weighted by Crippen LogP contribution is 2.49. The first-order valence-corrected chi connectivity index (χ1v) is 8.59. The van der Waals surface area contributed by atoms with Crippen LogP contribution >= 0.6 is 11.6 Å². The number of halogens is 1. The summed E-state index contributed by atoms with van der Waals surface area (Å²) in [4.78, 5) is 12.1. The van der Waals surface area contributed by atoms with Crippen LogP contribution in [-0.4, -0.2) is 18.6 Å². The van der Waals surface area contributed by atoms with E-state index in [1.165, 1.54) is 25.7 Å². The van der Waals surface area contributed by atoms with Crippen LogP contribution in [0.4, 0.5) is 0 Å². The number of aryl methyl sites for hydroxylation is 1. The zero-order valence-corrected chi connectivity index (χ0v) is 14.0. The molecule has 1 N–H and O–H groups in total. The standard InChI is InChI=1S/C18H24ClNO2/c1-11-7-15(19)5-6-17(11)22-10-18(21)20-12(2)16-9-13-3-4-14(16)8-13/h5-7,12-14,16H,3-4,8-10H2,1-2H3,(H,20,21)/t12-,13-,14-,16-/m1/s1. The minimum atomic E-state index is -0.0374. The van der Waals surface area contributed by atoms with Crippen LogP contribution in [0.2, 0.25) is 5.02 Å². The van der Waals surface area contributed by atoms with Gasteiger partial charge in [0.05, 0.1) is 0 Å². The van der Waals surface area contributed by atoms with E-state index < -0.39 is 0 Å². The first kappa shape index (κ1) is 15.7. The monoisotopic (exact) mass is 321 g/mol. The fraction of sp³-hybridized carbons (Fsp3) is 0.611. The van der Waals surface area contributed by atoms with Crippen molar-refractivity contribution in [1.29, 1.82) is 0 Å². The summed E-state index contributed by atoms with van der Waals surface area (Å²) in [5, 5.41) is 3.80. The second kappa shape index (κ2) is 6.49. The fourth-order valence-corrected chi connectivity index (χ4v) is 4.45. The lowest BCUT2D eigenvalue weighted by molar-refractivity contribution is -0.124. The summed E-state index contributed by atoms with van der Waals surface area (Å²) in [6.07, 6.45) is 5.38. The van der Waals surface area contributed by atoms with E-state index in [9.17, 15) is 4.79 Å². The average Bonchev–Trinajstić information content (AvgIpc) is 3.09. The van der Waals surface area contributed by atoms with Gasteiger partial charge in [-0.05, 0) is 74.6 Å². The SMILES string of the molecule is Cc1cc(Cl)ccc1OCC(=O)N[C@H](C)[C@H]1C[C@@H]2CC[C@@H]1C2. The zero-order valence-electron chi connectivity index (χ0n) is 13.3. The minimum absolute atomic E-state index is 0.0374. The van der Waals surface area contributed by atoms with Crippen LogP contribution in [0.3, 0.4) is 0 Å². The molecular formula is C18H24ClNO2. The Morgan fingerprint density at radius 1 is 1.41 bits per heavy atom. The molecule has 0 unspecified atom stereocenters. The van der Waals surface area contributed by atoms with Crippen molar-refractivity contribution in [3.63, 3.8) is 0 Å². The number of hydrogen-bond donors (Lipinski definition) is 1. The number of rotatable bonds is 5. The Labute approximate surface area is 137 Å². The van der Waals surface area contributed by atoms with Crippen molar-refractivity contribution in [3.05, 3.63) is 28.8 Å². The first-order chi connectivity index (χ1) is 10.5. The van der Waals surface area contributed by atoms with Gasteiger partial charge in [0.15, 0.2) is 6.61 Å². The van der Waals surface area contributed by atoms with Gasteiger partial charge in [-0.15, -0.1) is 0 Å². The predicted octanol–water partition coefficient (Wildman–Crippen LogP) is 3.97. The number of carbonyl (C=O) groups is 1. The molecule has 0 saturated heterocycles. The molecule has 120 valence electrons. The van der Waals surface area contributed by atoms with Crippen molar-refractivity contribution in [2.75, 3.05) is 6.61 Å². The van der Waals surface area contributed by atoms with Gasteiger partial charge in [0.2, 0.25) is 0 Å². The van der Waals surface area contributed by atoms with Gasteiger partial charge in [0.25, 0.3) is 5.91 Å². The topological polar surface area (TPSA) is 38.3 Å².